The number of aliphatic hydroxyl groups excluding tert-OH is 1. The minimum Gasteiger partial charge on any atom is -0.393 e. The number of aliphatic hydroxyl groups is 1. The van der Waals surface area contributed by atoms with Gasteiger partial charge >= 0.3 is 0 Å². The Bertz CT molecular complexity index is 512. The molecule has 22 heavy (non-hydrogen) atoms. The maximum Gasteiger partial charge on any atom is 0.228 e. The van der Waals surface area contributed by atoms with Crippen molar-refractivity contribution < 1.29 is 9.90 Å². The molecule has 5 nitrogen and oxygen atoms in total. The predicted octanol–water partition coefficient (Wildman–Crippen LogP) is 3.19. The highest BCUT2D eigenvalue weighted by Gasteiger charge is 2.26. The van der Waals surface area contributed by atoms with Crippen LogP contribution >= 0.6 is 0 Å². The van der Waals surface area contributed by atoms with Crippen molar-refractivity contribution in [3.63, 3.8) is 0 Å². The first kappa shape index (κ1) is 15.5. The second kappa shape index (κ2) is 6.82. The average Bonchev–Trinajstić information content (AvgIpc) is 2.89. The molecule has 3 rings (SSSR count). The van der Waals surface area contributed by atoms with E-state index in [9.17, 15) is 9.90 Å². The Morgan fingerprint density at radius 2 is 1.86 bits per heavy atom. The van der Waals surface area contributed by atoms with Gasteiger partial charge in [-0.25, -0.2) is 0 Å². The van der Waals surface area contributed by atoms with Gasteiger partial charge in [-0.1, -0.05) is 19.3 Å². The van der Waals surface area contributed by atoms with Gasteiger partial charge in [0.05, 0.1) is 12.1 Å². The highest BCUT2D eigenvalue weighted by atomic mass is 16.3. The van der Waals surface area contributed by atoms with E-state index in [-0.39, 0.29) is 17.9 Å². The van der Waals surface area contributed by atoms with Crippen molar-refractivity contribution in [2.75, 3.05) is 5.32 Å². The topological polar surface area (TPSA) is 67.2 Å². The van der Waals surface area contributed by atoms with Gasteiger partial charge in [-0.15, -0.1) is 0 Å². The van der Waals surface area contributed by atoms with Crippen molar-refractivity contribution in [3.8, 4) is 0 Å². The molecule has 122 valence electrons. The van der Waals surface area contributed by atoms with Crippen LogP contribution in [0.5, 0.6) is 0 Å². The van der Waals surface area contributed by atoms with Gasteiger partial charge in [0.2, 0.25) is 5.91 Å². The van der Waals surface area contributed by atoms with Crippen LogP contribution in [0.25, 0.3) is 0 Å². The van der Waals surface area contributed by atoms with Crippen LogP contribution in [0.2, 0.25) is 0 Å². The molecule has 0 aromatic carbocycles. The van der Waals surface area contributed by atoms with Gasteiger partial charge < -0.3 is 10.4 Å². The fourth-order valence-corrected chi connectivity index (χ4v) is 3.81. The summed E-state index contributed by atoms with van der Waals surface area (Å²) in [7, 11) is 0. The Morgan fingerprint density at radius 3 is 2.55 bits per heavy atom. The van der Waals surface area contributed by atoms with Crippen molar-refractivity contribution >= 4 is 11.7 Å². The molecule has 2 aliphatic carbocycles. The largest absolute Gasteiger partial charge is 0.393 e. The summed E-state index contributed by atoms with van der Waals surface area (Å²) in [4.78, 5) is 12.3. The van der Waals surface area contributed by atoms with Crippen LogP contribution in [0, 0.1) is 12.8 Å². The molecule has 2 fully saturated rings. The van der Waals surface area contributed by atoms with E-state index in [0.717, 1.165) is 31.4 Å². The molecule has 0 spiro atoms. The van der Waals surface area contributed by atoms with Gasteiger partial charge in [0, 0.05) is 17.7 Å². The number of hydrogen-bond donors (Lipinski definition) is 2. The SMILES string of the molecule is Cc1cc(NC(=O)C2CCC(O)CC2)nn1C1CCCCC1. The number of carbonyl (C=O) groups excluding carboxylic acids is 1. The van der Waals surface area contributed by atoms with Gasteiger partial charge in [-0.05, 0) is 45.4 Å². The number of rotatable bonds is 3. The summed E-state index contributed by atoms with van der Waals surface area (Å²) in [6.45, 7) is 2.06. The van der Waals surface area contributed by atoms with Gasteiger partial charge in [0.15, 0.2) is 5.82 Å². The van der Waals surface area contributed by atoms with Gasteiger partial charge in [-0.2, -0.15) is 5.10 Å². The third-order valence-corrected chi connectivity index (χ3v) is 5.16. The Labute approximate surface area is 132 Å². The number of aryl methyl sites for hydroxylation is 1. The van der Waals surface area contributed by atoms with Crippen molar-refractivity contribution in [2.24, 2.45) is 5.92 Å². The lowest BCUT2D eigenvalue weighted by molar-refractivity contribution is -0.121. The van der Waals surface area contributed by atoms with Gasteiger partial charge in [-0.3, -0.25) is 9.48 Å². The average molecular weight is 305 g/mol. The highest BCUT2D eigenvalue weighted by Crippen LogP contribution is 2.30. The maximum absolute atomic E-state index is 12.3. The molecule has 2 N–H and O–H groups in total. The molecule has 0 bridgehead atoms. The van der Waals surface area contributed by atoms with Gasteiger partial charge in [0.25, 0.3) is 0 Å². The molecule has 0 saturated heterocycles. The number of nitrogens with zero attached hydrogens (tertiary/aromatic N) is 2. The summed E-state index contributed by atoms with van der Waals surface area (Å²) >= 11 is 0. The normalized spacial score (nSPS) is 26.8. The van der Waals surface area contributed by atoms with Gasteiger partial charge in [0.1, 0.15) is 0 Å². The molecule has 5 heteroatoms. The number of aromatic nitrogens is 2. The molecular weight excluding hydrogens is 278 g/mol. The third-order valence-electron chi connectivity index (χ3n) is 5.16. The first-order chi connectivity index (χ1) is 10.6. The summed E-state index contributed by atoms with van der Waals surface area (Å²) in [5.74, 6) is 0.753. The van der Waals surface area contributed by atoms with E-state index in [0.29, 0.717) is 11.9 Å². The predicted molar refractivity (Wildman–Crippen MR) is 85.7 cm³/mol. The molecule has 1 heterocycles. The number of carbonyl (C=O) groups is 1. The zero-order valence-corrected chi connectivity index (χ0v) is 13.4. The maximum atomic E-state index is 12.3. The molecule has 1 amide bonds. The molecule has 1 aromatic heterocycles. The monoisotopic (exact) mass is 305 g/mol. The minimum absolute atomic E-state index is 0.0172. The van der Waals surface area contributed by atoms with E-state index in [1.807, 2.05) is 6.07 Å². The Balaban J connectivity index is 1.61. The molecule has 2 saturated carbocycles. The van der Waals surface area contributed by atoms with E-state index in [4.69, 9.17) is 0 Å². The lowest BCUT2D eigenvalue weighted by atomic mass is 9.87. The molecule has 0 radical (unpaired) electrons. The standard InChI is InChI=1S/C17H27N3O2/c1-12-11-16(19-20(12)14-5-3-2-4-6-14)18-17(22)13-7-9-15(21)10-8-13/h11,13-15,21H,2-10H2,1H3,(H,18,19,22). The van der Waals surface area contributed by atoms with Crippen LogP contribution < -0.4 is 5.32 Å². The molecular formula is C17H27N3O2. The highest BCUT2D eigenvalue weighted by molar-refractivity contribution is 5.91. The number of nitrogens with one attached hydrogen (secondary N) is 1. The fraction of sp³-hybridized carbons (Fsp3) is 0.765. The quantitative estimate of drug-likeness (QED) is 0.901. The number of amides is 1. The van der Waals surface area contributed by atoms with Crippen LogP contribution in [0.3, 0.4) is 0 Å². The number of anilines is 1. The van der Waals surface area contributed by atoms with E-state index < -0.39 is 0 Å². The third kappa shape index (κ3) is 3.51. The van der Waals surface area contributed by atoms with Crippen LogP contribution in [0.15, 0.2) is 6.07 Å². The van der Waals surface area contributed by atoms with E-state index in [2.05, 4.69) is 22.0 Å². The zero-order valence-electron chi connectivity index (χ0n) is 13.4. The Morgan fingerprint density at radius 1 is 1.18 bits per heavy atom. The van der Waals surface area contributed by atoms with E-state index in [1.54, 1.807) is 0 Å². The second-order valence-electron chi connectivity index (χ2n) is 6.90. The fourth-order valence-electron chi connectivity index (χ4n) is 3.81. The minimum atomic E-state index is -0.225. The lowest BCUT2D eigenvalue weighted by Gasteiger charge is -2.24. The summed E-state index contributed by atoms with van der Waals surface area (Å²) in [6.07, 6.45) is 9.04. The summed E-state index contributed by atoms with van der Waals surface area (Å²) in [6, 6.07) is 2.47. The summed E-state index contributed by atoms with van der Waals surface area (Å²) < 4.78 is 2.10. The van der Waals surface area contributed by atoms with Crippen molar-refractivity contribution in [1.29, 1.82) is 0 Å². The lowest BCUT2D eigenvalue weighted by Crippen LogP contribution is -2.29. The first-order valence-corrected chi connectivity index (χ1v) is 8.68. The van der Waals surface area contributed by atoms with Crippen molar-refractivity contribution in [1.82, 2.24) is 9.78 Å². The van der Waals surface area contributed by atoms with E-state index >= 15 is 0 Å². The van der Waals surface area contributed by atoms with Crippen LogP contribution in [-0.4, -0.2) is 26.9 Å². The number of hydrogen-bond acceptors (Lipinski definition) is 3. The molecule has 2 aliphatic rings. The second-order valence-corrected chi connectivity index (χ2v) is 6.90. The van der Waals surface area contributed by atoms with Crippen LogP contribution in [0.1, 0.15) is 69.5 Å². The molecule has 0 atom stereocenters. The van der Waals surface area contributed by atoms with E-state index in [1.165, 1.54) is 32.1 Å². The molecule has 1 aromatic rings. The Kier molecular flexibility index (Phi) is 4.81. The van der Waals surface area contributed by atoms with Crippen LogP contribution in [-0.2, 0) is 4.79 Å². The Hall–Kier alpha value is -1.36. The van der Waals surface area contributed by atoms with Crippen molar-refractivity contribution in [2.45, 2.75) is 76.9 Å². The van der Waals surface area contributed by atoms with Crippen LogP contribution in [0.4, 0.5) is 5.82 Å². The molecule has 0 unspecified atom stereocenters. The smallest absolute Gasteiger partial charge is 0.228 e. The molecule has 0 aliphatic heterocycles. The zero-order chi connectivity index (χ0) is 15.5. The summed E-state index contributed by atoms with van der Waals surface area (Å²) in [5.41, 5.74) is 1.13. The van der Waals surface area contributed by atoms with Crippen molar-refractivity contribution in [3.05, 3.63) is 11.8 Å². The summed E-state index contributed by atoms with van der Waals surface area (Å²) in [5, 5.41) is 17.1. The first-order valence-electron chi connectivity index (χ1n) is 8.68.